The van der Waals surface area contributed by atoms with Crippen molar-refractivity contribution < 1.29 is 0 Å². The second-order valence-electron chi connectivity index (χ2n) is 5.29. The van der Waals surface area contributed by atoms with E-state index < -0.39 is 0 Å². The Morgan fingerprint density at radius 1 is 0.800 bits per heavy atom. The summed E-state index contributed by atoms with van der Waals surface area (Å²) in [7, 11) is 0. The Kier molecular flexibility index (Phi) is 9.24. The zero-order chi connectivity index (χ0) is 11.7. The van der Waals surface area contributed by atoms with E-state index in [1.165, 1.54) is 44.9 Å². The van der Waals surface area contributed by atoms with Gasteiger partial charge in [0.2, 0.25) is 0 Å². The number of hydrogen-bond acceptors (Lipinski definition) is 0. The molecule has 0 radical (unpaired) electrons. The minimum absolute atomic E-state index is 0.906. The third-order valence-corrected chi connectivity index (χ3v) is 4.12. The number of unbranched alkanes of at least 4 members (excludes halogenated alkanes) is 2. The third kappa shape index (κ3) is 6.22. The lowest BCUT2D eigenvalue weighted by Gasteiger charge is -2.28. The summed E-state index contributed by atoms with van der Waals surface area (Å²) in [4.78, 5) is 0. The molecule has 0 saturated heterocycles. The highest BCUT2D eigenvalue weighted by molar-refractivity contribution is 4.70. The topological polar surface area (TPSA) is 0 Å². The first-order valence-electron chi connectivity index (χ1n) is 7.17. The van der Waals surface area contributed by atoms with Crippen molar-refractivity contribution in [2.45, 2.75) is 79.6 Å². The molecule has 0 aromatic rings. The van der Waals surface area contributed by atoms with Gasteiger partial charge in [0.25, 0.3) is 0 Å². The van der Waals surface area contributed by atoms with Crippen molar-refractivity contribution >= 4 is 0 Å². The third-order valence-electron chi connectivity index (χ3n) is 4.12. The fraction of sp³-hybridized carbons (Fsp3) is 1.00. The SMILES string of the molecule is CCCCCC(CCC)C(C)C(C)CC. The van der Waals surface area contributed by atoms with Gasteiger partial charge in [0, 0.05) is 0 Å². The van der Waals surface area contributed by atoms with E-state index in [4.69, 9.17) is 0 Å². The summed E-state index contributed by atoms with van der Waals surface area (Å²) in [5.74, 6) is 2.81. The van der Waals surface area contributed by atoms with Crippen LogP contribution in [0.2, 0.25) is 0 Å². The number of rotatable bonds is 9. The summed E-state index contributed by atoms with van der Waals surface area (Å²) in [6, 6.07) is 0. The molecule has 0 aromatic carbocycles. The number of hydrogen-bond donors (Lipinski definition) is 0. The van der Waals surface area contributed by atoms with Crippen LogP contribution in [-0.2, 0) is 0 Å². The van der Waals surface area contributed by atoms with Gasteiger partial charge >= 0.3 is 0 Å². The van der Waals surface area contributed by atoms with E-state index in [0.29, 0.717) is 0 Å². The fourth-order valence-electron chi connectivity index (χ4n) is 2.53. The molecule has 0 bridgehead atoms. The van der Waals surface area contributed by atoms with Crippen LogP contribution in [0.5, 0.6) is 0 Å². The largest absolute Gasteiger partial charge is 0.0654 e. The maximum absolute atomic E-state index is 2.47. The standard InChI is InChI=1S/C15H32/c1-6-9-10-12-15(11-7-2)14(5)13(4)8-3/h13-15H,6-12H2,1-5H3. The molecule has 92 valence electrons. The van der Waals surface area contributed by atoms with Gasteiger partial charge in [-0.05, 0) is 17.8 Å². The van der Waals surface area contributed by atoms with Gasteiger partial charge in [-0.15, -0.1) is 0 Å². The zero-order valence-electron chi connectivity index (χ0n) is 11.7. The summed E-state index contributed by atoms with van der Waals surface area (Å²) in [5.41, 5.74) is 0. The molecule has 0 heterocycles. The van der Waals surface area contributed by atoms with Crippen molar-refractivity contribution in [1.82, 2.24) is 0 Å². The summed E-state index contributed by atoms with van der Waals surface area (Å²) < 4.78 is 0. The summed E-state index contributed by atoms with van der Waals surface area (Å²) >= 11 is 0. The smallest absolute Gasteiger partial charge is 0.0386 e. The lowest BCUT2D eigenvalue weighted by molar-refractivity contribution is 0.224. The van der Waals surface area contributed by atoms with Gasteiger partial charge in [-0.25, -0.2) is 0 Å². The summed E-state index contributed by atoms with van der Waals surface area (Å²) in [6.07, 6.45) is 9.83. The molecule has 0 heteroatoms. The average Bonchev–Trinajstić information content (AvgIpc) is 2.26. The van der Waals surface area contributed by atoms with Gasteiger partial charge in [0.15, 0.2) is 0 Å². The Balaban J connectivity index is 3.99. The van der Waals surface area contributed by atoms with E-state index in [2.05, 4.69) is 34.6 Å². The molecule has 0 aromatic heterocycles. The first kappa shape index (κ1) is 15.0. The molecule has 0 N–H and O–H groups in total. The van der Waals surface area contributed by atoms with Crippen molar-refractivity contribution in [3.63, 3.8) is 0 Å². The summed E-state index contributed by atoms with van der Waals surface area (Å²) in [6.45, 7) is 11.9. The van der Waals surface area contributed by atoms with E-state index >= 15 is 0 Å². The molecule has 0 amide bonds. The zero-order valence-corrected chi connectivity index (χ0v) is 11.7. The minimum atomic E-state index is 0.906. The normalized spacial score (nSPS) is 17.4. The fourth-order valence-corrected chi connectivity index (χ4v) is 2.53. The van der Waals surface area contributed by atoms with Gasteiger partial charge < -0.3 is 0 Å². The highest BCUT2D eigenvalue weighted by Crippen LogP contribution is 2.30. The Labute approximate surface area is 97.8 Å². The van der Waals surface area contributed by atoms with Crippen LogP contribution in [0.15, 0.2) is 0 Å². The van der Waals surface area contributed by atoms with Crippen LogP contribution in [-0.4, -0.2) is 0 Å². The molecule has 0 spiro atoms. The average molecular weight is 212 g/mol. The molecule has 0 fully saturated rings. The highest BCUT2D eigenvalue weighted by Gasteiger charge is 2.20. The summed E-state index contributed by atoms with van der Waals surface area (Å²) in [5, 5.41) is 0. The van der Waals surface area contributed by atoms with Gasteiger partial charge in [-0.3, -0.25) is 0 Å². The van der Waals surface area contributed by atoms with Crippen molar-refractivity contribution in [2.75, 3.05) is 0 Å². The Morgan fingerprint density at radius 3 is 1.93 bits per heavy atom. The lowest BCUT2D eigenvalue weighted by Crippen LogP contribution is -2.18. The van der Waals surface area contributed by atoms with Crippen molar-refractivity contribution in [3.05, 3.63) is 0 Å². The molecule has 0 aliphatic heterocycles. The van der Waals surface area contributed by atoms with Gasteiger partial charge in [0.05, 0.1) is 0 Å². The molecule has 0 aliphatic rings. The highest BCUT2D eigenvalue weighted by atomic mass is 14.3. The van der Waals surface area contributed by atoms with E-state index in [0.717, 1.165) is 17.8 Å². The van der Waals surface area contributed by atoms with E-state index in [9.17, 15) is 0 Å². The van der Waals surface area contributed by atoms with Gasteiger partial charge in [0.1, 0.15) is 0 Å². The van der Waals surface area contributed by atoms with Crippen LogP contribution in [0.25, 0.3) is 0 Å². The maximum atomic E-state index is 2.47. The quantitative estimate of drug-likeness (QED) is 0.432. The molecular formula is C15H32. The van der Waals surface area contributed by atoms with Crippen molar-refractivity contribution in [2.24, 2.45) is 17.8 Å². The van der Waals surface area contributed by atoms with Gasteiger partial charge in [-0.1, -0.05) is 79.6 Å². The van der Waals surface area contributed by atoms with E-state index in [1.807, 2.05) is 0 Å². The molecular weight excluding hydrogens is 180 g/mol. The van der Waals surface area contributed by atoms with Crippen LogP contribution in [0.1, 0.15) is 79.6 Å². The van der Waals surface area contributed by atoms with Crippen molar-refractivity contribution in [1.29, 1.82) is 0 Å². The predicted octanol–water partition coefficient (Wildman–Crippen LogP) is 5.67. The monoisotopic (exact) mass is 212 g/mol. The van der Waals surface area contributed by atoms with Crippen LogP contribution in [0.3, 0.4) is 0 Å². The van der Waals surface area contributed by atoms with E-state index in [-0.39, 0.29) is 0 Å². The molecule has 0 aliphatic carbocycles. The van der Waals surface area contributed by atoms with Gasteiger partial charge in [-0.2, -0.15) is 0 Å². The van der Waals surface area contributed by atoms with Crippen LogP contribution >= 0.6 is 0 Å². The van der Waals surface area contributed by atoms with Crippen LogP contribution in [0.4, 0.5) is 0 Å². The molecule has 15 heavy (non-hydrogen) atoms. The maximum Gasteiger partial charge on any atom is -0.0386 e. The van der Waals surface area contributed by atoms with E-state index in [1.54, 1.807) is 0 Å². The first-order chi connectivity index (χ1) is 7.17. The molecule has 0 saturated carbocycles. The molecule has 3 atom stereocenters. The van der Waals surface area contributed by atoms with Crippen LogP contribution < -0.4 is 0 Å². The Bertz CT molecular complexity index is 128. The predicted molar refractivity (Wildman–Crippen MR) is 71.2 cm³/mol. The Morgan fingerprint density at radius 2 is 1.47 bits per heavy atom. The molecule has 0 rings (SSSR count). The minimum Gasteiger partial charge on any atom is -0.0654 e. The second-order valence-corrected chi connectivity index (χ2v) is 5.29. The Hall–Kier alpha value is 0. The lowest BCUT2D eigenvalue weighted by atomic mass is 9.78. The molecule has 3 unspecified atom stereocenters. The van der Waals surface area contributed by atoms with Crippen molar-refractivity contribution in [3.8, 4) is 0 Å². The van der Waals surface area contributed by atoms with Crippen LogP contribution in [0, 0.1) is 17.8 Å². The first-order valence-corrected chi connectivity index (χ1v) is 7.17. The molecule has 0 nitrogen and oxygen atoms in total. The second kappa shape index (κ2) is 9.24.